The molecular formula is C23H27N3O2S. The number of nitrogens with zero attached hydrogens (tertiary/aromatic N) is 3. The Balaban J connectivity index is 1.66. The van der Waals surface area contributed by atoms with Crippen molar-refractivity contribution >= 4 is 10.0 Å². The zero-order chi connectivity index (χ0) is 20.6. The Hall–Kier alpha value is -2.44. The fraction of sp³-hybridized carbons (Fsp3) is 0.348. The van der Waals surface area contributed by atoms with Gasteiger partial charge in [-0.05, 0) is 69.5 Å². The van der Waals surface area contributed by atoms with Gasteiger partial charge in [-0.15, -0.1) is 0 Å². The van der Waals surface area contributed by atoms with Crippen LogP contribution in [0, 0.1) is 20.8 Å². The number of piperidine rings is 1. The topological polar surface area (TPSA) is 55.2 Å². The van der Waals surface area contributed by atoms with Crippen molar-refractivity contribution in [1.82, 2.24) is 13.9 Å². The van der Waals surface area contributed by atoms with Gasteiger partial charge in [-0.25, -0.2) is 13.4 Å². The molecule has 1 saturated heterocycles. The summed E-state index contributed by atoms with van der Waals surface area (Å²) in [7, 11) is -3.54. The molecule has 0 N–H and O–H groups in total. The van der Waals surface area contributed by atoms with Gasteiger partial charge in [0.05, 0.1) is 10.9 Å². The lowest BCUT2D eigenvalue weighted by molar-refractivity contribution is 0.255. The number of sulfonamides is 1. The molecule has 2 aromatic heterocycles. The summed E-state index contributed by atoms with van der Waals surface area (Å²) in [5, 5.41) is 0. The Labute approximate surface area is 173 Å². The monoisotopic (exact) mass is 409 g/mol. The third-order valence-electron chi connectivity index (χ3n) is 5.74. The van der Waals surface area contributed by atoms with E-state index in [9.17, 15) is 8.42 Å². The van der Waals surface area contributed by atoms with Crippen molar-refractivity contribution in [3.8, 4) is 5.82 Å². The first-order valence-electron chi connectivity index (χ1n) is 10.1. The van der Waals surface area contributed by atoms with Crippen LogP contribution in [0.4, 0.5) is 0 Å². The molecule has 1 atom stereocenters. The first-order valence-corrected chi connectivity index (χ1v) is 11.5. The van der Waals surface area contributed by atoms with E-state index in [0.717, 1.165) is 47.6 Å². The van der Waals surface area contributed by atoms with Crippen LogP contribution in [0.3, 0.4) is 0 Å². The smallest absolute Gasteiger partial charge is 0.243 e. The molecule has 0 bridgehead atoms. The van der Waals surface area contributed by atoms with E-state index in [1.54, 1.807) is 16.4 Å². The lowest BCUT2D eigenvalue weighted by Gasteiger charge is -2.35. The molecule has 0 aliphatic carbocycles. The van der Waals surface area contributed by atoms with Crippen molar-refractivity contribution in [3.63, 3.8) is 0 Å². The molecule has 29 heavy (non-hydrogen) atoms. The summed E-state index contributed by atoms with van der Waals surface area (Å²) in [4.78, 5) is 5.02. The van der Waals surface area contributed by atoms with E-state index in [2.05, 4.69) is 35.5 Å². The number of rotatable bonds is 4. The SMILES string of the molecule is Cc1ccc(S(=O)(=O)N2CCCC[C@H]2c2ccc(-n3c(C)ccc3C)nc2)cc1. The molecule has 3 aromatic rings. The summed E-state index contributed by atoms with van der Waals surface area (Å²) in [6.07, 6.45) is 4.55. The minimum absolute atomic E-state index is 0.177. The fourth-order valence-electron chi connectivity index (χ4n) is 4.13. The van der Waals surface area contributed by atoms with Crippen molar-refractivity contribution in [2.75, 3.05) is 6.54 Å². The molecule has 1 aliphatic heterocycles. The highest BCUT2D eigenvalue weighted by atomic mass is 32.2. The molecule has 4 rings (SSSR count). The molecule has 0 radical (unpaired) electrons. The minimum Gasteiger partial charge on any atom is -0.303 e. The third-order valence-corrected chi connectivity index (χ3v) is 7.66. The zero-order valence-electron chi connectivity index (χ0n) is 17.2. The van der Waals surface area contributed by atoms with Gasteiger partial charge in [0.15, 0.2) is 0 Å². The summed E-state index contributed by atoms with van der Waals surface area (Å²) in [5.41, 5.74) is 4.26. The number of aromatic nitrogens is 2. The van der Waals surface area contributed by atoms with Gasteiger partial charge in [0.1, 0.15) is 5.82 Å². The number of pyridine rings is 1. The van der Waals surface area contributed by atoms with Crippen molar-refractivity contribution in [2.45, 2.75) is 51.0 Å². The Kier molecular flexibility index (Phi) is 5.32. The quantitative estimate of drug-likeness (QED) is 0.627. The third kappa shape index (κ3) is 3.74. The van der Waals surface area contributed by atoms with Crippen LogP contribution in [-0.2, 0) is 10.0 Å². The molecule has 0 saturated carbocycles. The van der Waals surface area contributed by atoms with E-state index in [-0.39, 0.29) is 6.04 Å². The number of aryl methyl sites for hydroxylation is 3. The average Bonchev–Trinajstić information content (AvgIpc) is 3.06. The second-order valence-electron chi connectivity index (χ2n) is 7.84. The summed E-state index contributed by atoms with van der Waals surface area (Å²) < 4.78 is 30.4. The normalized spacial score (nSPS) is 18.1. The highest BCUT2D eigenvalue weighted by Crippen LogP contribution is 2.35. The Bertz CT molecular complexity index is 1080. The minimum atomic E-state index is -3.54. The van der Waals surface area contributed by atoms with E-state index >= 15 is 0 Å². The highest BCUT2D eigenvalue weighted by molar-refractivity contribution is 7.89. The summed E-state index contributed by atoms with van der Waals surface area (Å²) in [5.74, 6) is 0.859. The van der Waals surface area contributed by atoms with E-state index in [1.807, 2.05) is 37.4 Å². The first-order chi connectivity index (χ1) is 13.9. The Morgan fingerprint density at radius 1 is 0.897 bits per heavy atom. The second-order valence-corrected chi connectivity index (χ2v) is 9.73. The van der Waals surface area contributed by atoms with Crippen LogP contribution in [0.15, 0.2) is 59.6 Å². The Morgan fingerprint density at radius 2 is 1.59 bits per heavy atom. The van der Waals surface area contributed by atoms with Crippen molar-refractivity contribution < 1.29 is 8.42 Å². The van der Waals surface area contributed by atoms with Crippen LogP contribution >= 0.6 is 0 Å². The Morgan fingerprint density at radius 3 is 2.21 bits per heavy atom. The second kappa shape index (κ2) is 7.76. The van der Waals surface area contributed by atoms with Crippen molar-refractivity contribution in [1.29, 1.82) is 0 Å². The van der Waals surface area contributed by atoms with Crippen LogP contribution in [0.2, 0.25) is 0 Å². The van der Waals surface area contributed by atoms with Gasteiger partial charge in [-0.3, -0.25) is 0 Å². The van der Waals surface area contributed by atoms with Crippen LogP contribution in [0.5, 0.6) is 0 Å². The van der Waals surface area contributed by atoms with E-state index in [1.165, 1.54) is 0 Å². The van der Waals surface area contributed by atoms with Crippen molar-refractivity contribution in [3.05, 3.63) is 77.2 Å². The van der Waals surface area contributed by atoms with Gasteiger partial charge < -0.3 is 4.57 Å². The average molecular weight is 410 g/mol. The molecule has 1 fully saturated rings. The predicted octanol–water partition coefficient (Wildman–Crippen LogP) is 4.71. The fourth-order valence-corrected chi connectivity index (χ4v) is 5.81. The summed E-state index contributed by atoms with van der Waals surface area (Å²) in [6, 6.07) is 15.1. The maximum absolute atomic E-state index is 13.3. The largest absolute Gasteiger partial charge is 0.303 e. The summed E-state index contributed by atoms with van der Waals surface area (Å²) in [6.45, 7) is 6.61. The van der Waals surface area contributed by atoms with Gasteiger partial charge in [0.25, 0.3) is 0 Å². The van der Waals surface area contributed by atoms with Gasteiger partial charge in [-0.1, -0.05) is 30.2 Å². The molecule has 0 spiro atoms. The molecule has 1 aromatic carbocycles. The molecule has 152 valence electrons. The maximum atomic E-state index is 13.3. The molecule has 0 amide bonds. The molecule has 0 unspecified atom stereocenters. The van der Waals surface area contributed by atoms with Crippen LogP contribution in [0.25, 0.3) is 5.82 Å². The van der Waals surface area contributed by atoms with Gasteiger partial charge in [-0.2, -0.15) is 4.31 Å². The molecule has 6 heteroatoms. The number of benzene rings is 1. The lowest BCUT2D eigenvalue weighted by atomic mass is 9.99. The maximum Gasteiger partial charge on any atom is 0.243 e. The van der Waals surface area contributed by atoms with Gasteiger partial charge in [0.2, 0.25) is 10.0 Å². The molecular weight excluding hydrogens is 382 g/mol. The number of hydrogen-bond acceptors (Lipinski definition) is 3. The predicted molar refractivity (Wildman–Crippen MR) is 115 cm³/mol. The van der Waals surface area contributed by atoms with Crippen LogP contribution in [-0.4, -0.2) is 28.8 Å². The van der Waals surface area contributed by atoms with E-state index in [4.69, 9.17) is 0 Å². The zero-order valence-corrected chi connectivity index (χ0v) is 18.0. The van der Waals surface area contributed by atoms with E-state index < -0.39 is 10.0 Å². The number of hydrogen-bond donors (Lipinski definition) is 0. The highest BCUT2D eigenvalue weighted by Gasteiger charge is 2.34. The summed E-state index contributed by atoms with van der Waals surface area (Å²) >= 11 is 0. The first kappa shape index (κ1) is 19.9. The standard InChI is InChI=1S/C23H27N3O2S/c1-17-7-12-21(13-8-17)29(27,28)25-15-5-4-6-22(25)20-11-14-23(24-16-20)26-18(2)9-10-19(26)3/h7-14,16,22H,4-6,15H2,1-3H3/t22-/m0/s1. The van der Waals surface area contributed by atoms with Gasteiger partial charge in [0, 0.05) is 24.1 Å². The van der Waals surface area contributed by atoms with Crippen LogP contribution in [0.1, 0.15) is 47.8 Å². The van der Waals surface area contributed by atoms with Gasteiger partial charge >= 0.3 is 0 Å². The molecule has 3 heterocycles. The molecule has 1 aliphatic rings. The van der Waals surface area contributed by atoms with E-state index in [0.29, 0.717) is 11.4 Å². The molecule has 5 nitrogen and oxygen atoms in total. The lowest BCUT2D eigenvalue weighted by Crippen LogP contribution is -2.38. The van der Waals surface area contributed by atoms with Crippen LogP contribution < -0.4 is 0 Å². The van der Waals surface area contributed by atoms with Crippen molar-refractivity contribution in [2.24, 2.45) is 0 Å².